The zero-order valence-corrected chi connectivity index (χ0v) is 18.5. The maximum atomic E-state index is 12.5. The molecule has 33 heavy (non-hydrogen) atoms. The summed E-state index contributed by atoms with van der Waals surface area (Å²) in [5.74, 6) is -0.114. The topological polar surface area (TPSA) is 88.6 Å². The molecule has 1 saturated heterocycles. The summed E-state index contributed by atoms with van der Waals surface area (Å²) in [5.41, 5.74) is 2.63. The van der Waals surface area contributed by atoms with E-state index in [1.54, 1.807) is 30.6 Å². The SMILES string of the molecule is O=C(COc1ccccc1-c1ccccc1)NCCN1C(=O)S/C(=C/c2cccnc2)C1=O. The lowest BCUT2D eigenvalue weighted by Crippen LogP contribution is -2.38. The monoisotopic (exact) mass is 459 g/mol. The highest BCUT2D eigenvalue weighted by atomic mass is 32.2. The van der Waals surface area contributed by atoms with Gasteiger partial charge in [0, 0.05) is 31.0 Å². The number of carbonyl (C=O) groups excluding carboxylic acids is 3. The molecule has 4 rings (SSSR count). The Morgan fingerprint density at radius 1 is 1.03 bits per heavy atom. The molecule has 0 aliphatic carbocycles. The summed E-state index contributed by atoms with van der Waals surface area (Å²) < 4.78 is 5.72. The molecule has 0 bridgehead atoms. The van der Waals surface area contributed by atoms with Gasteiger partial charge in [0.15, 0.2) is 6.61 Å². The molecule has 1 aliphatic heterocycles. The van der Waals surface area contributed by atoms with E-state index in [-0.39, 0.29) is 36.7 Å². The number of pyridine rings is 1. The van der Waals surface area contributed by atoms with Crippen molar-refractivity contribution in [3.8, 4) is 16.9 Å². The van der Waals surface area contributed by atoms with Crippen molar-refractivity contribution >= 4 is 34.9 Å². The quantitative estimate of drug-likeness (QED) is 0.513. The molecule has 3 amide bonds. The van der Waals surface area contributed by atoms with Gasteiger partial charge < -0.3 is 10.1 Å². The first kappa shape index (κ1) is 22.3. The fraction of sp³-hybridized carbons (Fsp3) is 0.120. The molecule has 0 spiro atoms. The number of thioether (sulfide) groups is 1. The summed E-state index contributed by atoms with van der Waals surface area (Å²) in [6.45, 7) is 0.0504. The molecule has 1 aliphatic rings. The Morgan fingerprint density at radius 3 is 2.61 bits per heavy atom. The lowest BCUT2D eigenvalue weighted by Gasteiger charge is -2.14. The lowest BCUT2D eigenvalue weighted by molar-refractivity contribution is -0.125. The van der Waals surface area contributed by atoms with Crippen molar-refractivity contribution in [1.82, 2.24) is 15.2 Å². The number of nitrogens with one attached hydrogen (secondary N) is 1. The van der Waals surface area contributed by atoms with Gasteiger partial charge in [-0.05, 0) is 41.1 Å². The zero-order chi connectivity index (χ0) is 23.0. The number of aromatic nitrogens is 1. The standard InChI is InChI=1S/C25H21N3O4S/c29-23(17-32-21-11-5-4-10-20(21)19-8-2-1-3-9-19)27-13-14-28-24(30)22(33-25(28)31)15-18-7-6-12-26-16-18/h1-12,15-16H,13-14,17H2,(H,27,29)/b22-15+. The van der Waals surface area contributed by atoms with Gasteiger partial charge in [-0.15, -0.1) is 0 Å². The van der Waals surface area contributed by atoms with E-state index < -0.39 is 0 Å². The second-order valence-electron chi connectivity index (χ2n) is 7.12. The Balaban J connectivity index is 1.28. The number of hydrogen-bond donors (Lipinski definition) is 1. The first-order valence-corrected chi connectivity index (χ1v) is 11.1. The molecular weight excluding hydrogens is 438 g/mol. The van der Waals surface area contributed by atoms with E-state index in [1.165, 1.54) is 0 Å². The van der Waals surface area contributed by atoms with Crippen molar-refractivity contribution in [1.29, 1.82) is 0 Å². The number of carbonyl (C=O) groups is 3. The second-order valence-corrected chi connectivity index (χ2v) is 8.11. The smallest absolute Gasteiger partial charge is 0.293 e. The third-order valence-corrected chi connectivity index (χ3v) is 5.75. The Hall–Kier alpha value is -3.91. The van der Waals surface area contributed by atoms with Crippen molar-refractivity contribution in [3.63, 3.8) is 0 Å². The number of para-hydroxylation sites is 1. The molecule has 2 aromatic carbocycles. The predicted molar refractivity (Wildman–Crippen MR) is 127 cm³/mol. The molecule has 166 valence electrons. The number of hydrogen-bond acceptors (Lipinski definition) is 6. The average Bonchev–Trinajstić information content (AvgIpc) is 3.11. The second kappa shape index (κ2) is 10.6. The summed E-state index contributed by atoms with van der Waals surface area (Å²) in [5, 5.41) is 2.33. The molecule has 2 heterocycles. The number of ether oxygens (including phenoxy) is 1. The number of imide groups is 1. The van der Waals surface area contributed by atoms with E-state index in [4.69, 9.17) is 4.74 Å². The molecule has 0 saturated carbocycles. The van der Waals surface area contributed by atoms with Crippen LogP contribution in [0.4, 0.5) is 4.79 Å². The van der Waals surface area contributed by atoms with E-state index in [2.05, 4.69) is 10.3 Å². The highest BCUT2D eigenvalue weighted by Gasteiger charge is 2.34. The number of nitrogens with zero attached hydrogens (tertiary/aromatic N) is 2. The van der Waals surface area contributed by atoms with E-state index >= 15 is 0 Å². The molecule has 1 fully saturated rings. The van der Waals surface area contributed by atoms with Crippen LogP contribution in [0.5, 0.6) is 5.75 Å². The third-order valence-electron chi connectivity index (χ3n) is 4.84. The predicted octanol–water partition coefficient (Wildman–Crippen LogP) is 3.98. The summed E-state index contributed by atoms with van der Waals surface area (Å²) in [7, 11) is 0. The minimum Gasteiger partial charge on any atom is -0.483 e. The van der Waals surface area contributed by atoms with Crippen LogP contribution in [0.3, 0.4) is 0 Å². The summed E-state index contributed by atoms with van der Waals surface area (Å²) in [6.07, 6.45) is 4.88. The van der Waals surface area contributed by atoms with Gasteiger partial charge in [0.05, 0.1) is 4.91 Å². The maximum Gasteiger partial charge on any atom is 0.293 e. The van der Waals surface area contributed by atoms with Gasteiger partial charge >= 0.3 is 0 Å². The average molecular weight is 460 g/mol. The molecular formula is C25H21N3O4S. The normalized spacial score (nSPS) is 14.5. The van der Waals surface area contributed by atoms with Crippen molar-refractivity contribution in [2.75, 3.05) is 19.7 Å². The highest BCUT2D eigenvalue weighted by molar-refractivity contribution is 8.18. The van der Waals surface area contributed by atoms with E-state index in [0.717, 1.165) is 33.4 Å². The fourth-order valence-electron chi connectivity index (χ4n) is 3.26. The van der Waals surface area contributed by atoms with Gasteiger partial charge in [-0.2, -0.15) is 0 Å². The summed E-state index contributed by atoms with van der Waals surface area (Å²) >= 11 is 0.876. The number of rotatable bonds is 8. The molecule has 0 radical (unpaired) electrons. The summed E-state index contributed by atoms with van der Waals surface area (Å²) in [4.78, 5) is 42.5. The fourth-order valence-corrected chi connectivity index (χ4v) is 4.12. The third kappa shape index (κ3) is 5.67. The maximum absolute atomic E-state index is 12.5. The van der Waals surface area contributed by atoms with Gasteiger partial charge in [0.2, 0.25) is 0 Å². The van der Waals surface area contributed by atoms with E-state index in [1.807, 2.05) is 54.6 Å². The Bertz CT molecular complexity index is 1180. The molecule has 1 aromatic heterocycles. The molecule has 0 atom stereocenters. The van der Waals surface area contributed by atoms with Gasteiger partial charge in [0.25, 0.3) is 17.1 Å². The largest absolute Gasteiger partial charge is 0.483 e. The van der Waals surface area contributed by atoms with Crippen molar-refractivity contribution in [3.05, 3.63) is 89.6 Å². The molecule has 1 N–H and O–H groups in total. The van der Waals surface area contributed by atoms with Crippen LogP contribution in [0.15, 0.2) is 84.0 Å². The minimum atomic E-state index is -0.379. The van der Waals surface area contributed by atoms with Gasteiger partial charge in [-0.1, -0.05) is 54.6 Å². The van der Waals surface area contributed by atoms with Gasteiger partial charge in [0.1, 0.15) is 5.75 Å². The number of amides is 3. The van der Waals surface area contributed by atoms with Gasteiger partial charge in [-0.3, -0.25) is 24.3 Å². The van der Waals surface area contributed by atoms with Crippen LogP contribution >= 0.6 is 11.8 Å². The molecule has 3 aromatic rings. The first-order chi connectivity index (χ1) is 16.1. The van der Waals surface area contributed by atoms with Crippen LogP contribution in [0.1, 0.15) is 5.56 Å². The van der Waals surface area contributed by atoms with Crippen LogP contribution in [0.25, 0.3) is 17.2 Å². The van der Waals surface area contributed by atoms with Crippen molar-refractivity contribution in [2.24, 2.45) is 0 Å². The van der Waals surface area contributed by atoms with Crippen LogP contribution in [-0.2, 0) is 9.59 Å². The summed E-state index contributed by atoms with van der Waals surface area (Å²) in [6, 6.07) is 20.8. The van der Waals surface area contributed by atoms with Crippen LogP contribution in [0, 0.1) is 0 Å². The van der Waals surface area contributed by atoms with Crippen LogP contribution in [-0.4, -0.2) is 46.6 Å². The van der Waals surface area contributed by atoms with Gasteiger partial charge in [-0.25, -0.2) is 0 Å². The molecule has 8 heteroatoms. The van der Waals surface area contributed by atoms with Crippen molar-refractivity contribution < 1.29 is 19.1 Å². The van der Waals surface area contributed by atoms with Crippen LogP contribution < -0.4 is 10.1 Å². The first-order valence-electron chi connectivity index (χ1n) is 10.3. The zero-order valence-electron chi connectivity index (χ0n) is 17.6. The van der Waals surface area contributed by atoms with E-state index in [9.17, 15) is 14.4 Å². The lowest BCUT2D eigenvalue weighted by atomic mass is 10.1. The van der Waals surface area contributed by atoms with E-state index in [0.29, 0.717) is 10.7 Å². The highest BCUT2D eigenvalue weighted by Crippen LogP contribution is 2.32. The van der Waals surface area contributed by atoms with Crippen molar-refractivity contribution in [2.45, 2.75) is 0 Å². The molecule has 0 unspecified atom stereocenters. The minimum absolute atomic E-state index is 0.0847. The van der Waals surface area contributed by atoms with Crippen LogP contribution in [0.2, 0.25) is 0 Å². The Labute approximate surface area is 195 Å². The number of benzene rings is 2. The molecule has 7 nitrogen and oxygen atoms in total. The Kier molecular flexibility index (Phi) is 7.16. The Morgan fingerprint density at radius 2 is 1.82 bits per heavy atom.